The number of nitrogens with zero attached hydrogens (tertiary/aromatic N) is 1. The lowest BCUT2D eigenvalue weighted by Crippen LogP contribution is -2.32. The Labute approximate surface area is 179 Å². The van der Waals surface area contributed by atoms with E-state index < -0.39 is 5.97 Å². The molecule has 4 rings (SSSR count). The summed E-state index contributed by atoms with van der Waals surface area (Å²) in [6.07, 6.45) is 3.83. The van der Waals surface area contributed by atoms with Crippen LogP contribution in [0.25, 0.3) is 10.9 Å². The van der Waals surface area contributed by atoms with Crippen LogP contribution in [0, 0.1) is 0 Å². The Morgan fingerprint density at radius 2 is 1.68 bits per heavy atom. The number of esters is 1. The van der Waals surface area contributed by atoms with Gasteiger partial charge in [-0.1, -0.05) is 18.6 Å². The zero-order chi connectivity index (χ0) is 21.8. The highest BCUT2D eigenvalue weighted by Crippen LogP contribution is 2.17. The van der Waals surface area contributed by atoms with Crippen molar-refractivity contribution in [2.75, 3.05) is 19.8 Å². The standard InChI is InChI=1S/C24H24N2O5/c27-22-20(12-16-4-6-17(7-5-16)23(28)29)14-19-13-18(8-9-21(19)25-22)24(30)31-15-26-10-2-1-3-11-26/h4-9,13-14H,1-3,10-12,15H2,(H,25,27)(H,28,29). The summed E-state index contributed by atoms with van der Waals surface area (Å²) in [7, 11) is 0. The van der Waals surface area contributed by atoms with Gasteiger partial charge < -0.3 is 14.8 Å². The number of carboxylic acid groups (broad SMARTS) is 1. The Morgan fingerprint density at radius 1 is 0.968 bits per heavy atom. The maximum absolute atomic E-state index is 12.5. The molecule has 0 aliphatic carbocycles. The van der Waals surface area contributed by atoms with E-state index in [9.17, 15) is 14.4 Å². The van der Waals surface area contributed by atoms with Crippen molar-refractivity contribution in [2.45, 2.75) is 25.7 Å². The highest BCUT2D eigenvalue weighted by atomic mass is 16.5. The monoisotopic (exact) mass is 420 g/mol. The number of rotatable bonds is 6. The van der Waals surface area contributed by atoms with Crippen molar-refractivity contribution in [2.24, 2.45) is 0 Å². The Morgan fingerprint density at radius 3 is 2.39 bits per heavy atom. The van der Waals surface area contributed by atoms with Crippen LogP contribution in [0.2, 0.25) is 0 Å². The number of H-pyrrole nitrogens is 1. The van der Waals surface area contributed by atoms with Crippen molar-refractivity contribution in [3.8, 4) is 0 Å². The first-order valence-electron chi connectivity index (χ1n) is 10.4. The number of carboxylic acids is 1. The molecule has 2 N–H and O–H groups in total. The first kappa shape index (κ1) is 20.8. The molecule has 0 atom stereocenters. The number of piperidine rings is 1. The van der Waals surface area contributed by atoms with Crippen LogP contribution in [0.15, 0.2) is 53.3 Å². The second-order valence-corrected chi connectivity index (χ2v) is 7.84. The lowest BCUT2D eigenvalue weighted by molar-refractivity contribution is 0.0171. The number of carbonyl (C=O) groups is 2. The third kappa shape index (κ3) is 5.00. The van der Waals surface area contributed by atoms with Gasteiger partial charge in [-0.3, -0.25) is 9.69 Å². The summed E-state index contributed by atoms with van der Waals surface area (Å²) in [5, 5.41) is 9.76. The number of benzene rings is 2. The number of aromatic amines is 1. The van der Waals surface area contributed by atoms with Gasteiger partial charge in [0.15, 0.2) is 0 Å². The highest BCUT2D eigenvalue weighted by molar-refractivity contribution is 5.94. The highest BCUT2D eigenvalue weighted by Gasteiger charge is 2.14. The number of pyridine rings is 1. The fraction of sp³-hybridized carbons (Fsp3) is 0.292. The van der Waals surface area contributed by atoms with E-state index in [1.165, 1.54) is 18.6 Å². The van der Waals surface area contributed by atoms with Crippen molar-refractivity contribution in [3.63, 3.8) is 0 Å². The number of hydrogen-bond donors (Lipinski definition) is 2. The molecule has 1 aromatic heterocycles. The summed E-state index contributed by atoms with van der Waals surface area (Å²) in [5.74, 6) is -1.38. The number of fused-ring (bicyclic) bond motifs is 1. The predicted octanol–water partition coefficient (Wildman–Crippen LogP) is 3.42. The molecule has 31 heavy (non-hydrogen) atoms. The van der Waals surface area contributed by atoms with E-state index in [1.807, 2.05) is 0 Å². The van der Waals surface area contributed by atoms with E-state index in [4.69, 9.17) is 9.84 Å². The number of aromatic carboxylic acids is 1. The summed E-state index contributed by atoms with van der Waals surface area (Å²) in [4.78, 5) is 40.9. The number of nitrogens with one attached hydrogen (secondary N) is 1. The topological polar surface area (TPSA) is 99.7 Å². The van der Waals surface area contributed by atoms with Gasteiger partial charge in [0.1, 0.15) is 6.73 Å². The van der Waals surface area contributed by atoms with Crippen molar-refractivity contribution >= 4 is 22.8 Å². The van der Waals surface area contributed by atoms with E-state index in [0.717, 1.165) is 36.9 Å². The molecule has 1 aliphatic heterocycles. The van der Waals surface area contributed by atoms with Crippen molar-refractivity contribution < 1.29 is 19.4 Å². The van der Waals surface area contributed by atoms with Gasteiger partial charge in [-0.2, -0.15) is 0 Å². The van der Waals surface area contributed by atoms with Crippen LogP contribution in [0.3, 0.4) is 0 Å². The molecule has 0 saturated carbocycles. The van der Waals surface area contributed by atoms with Crippen LogP contribution in [0.4, 0.5) is 0 Å². The van der Waals surface area contributed by atoms with Crippen LogP contribution in [-0.2, 0) is 11.2 Å². The largest absolute Gasteiger partial charge is 0.478 e. The zero-order valence-electron chi connectivity index (χ0n) is 17.1. The van der Waals surface area contributed by atoms with Gasteiger partial charge in [0.2, 0.25) is 0 Å². The average Bonchev–Trinajstić information content (AvgIpc) is 2.78. The third-order valence-electron chi connectivity index (χ3n) is 5.58. The maximum atomic E-state index is 12.5. The van der Waals surface area contributed by atoms with E-state index >= 15 is 0 Å². The van der Waals surface area contributed by atoms with E-state index in [0.29, 0.717) is 29.8 Å². The maximum Gasteiger partial charge on any atom is 0.339 e. The van der Waals surface area contributed by atoms with Gasteiger partial charge in [0.05, 0.1) is 11.1 Å². The quantitative estimate of drug-likeness (QED) is 0.593. The Kier molecular flexibility index (Phi) is 6.13. The molecule has 7 nitrogen and oxygen atoms in total. The summed E-state index contributed by atoms with van der Waals surface area (Å²) >= 11 is 0. The Hall–Kier alpha value is -3.45. The molecule has 2 aromatic carbocycles. The van der Waals surface area contributed by atoms with E-state index in [2.05, 4.69) is 9.88 Å². The van der Waals surface area contributed by atoms with Gasteiger partial charge in [0, 0.05) is 30.6 Å². The number of ether oxygens (including phenoxy) is 1. The molecule has 0 unspecified atom stereocenters. The van der Waals surface area contributed by atoms with E-state index in [-0.39, 0.29) is 17.1 Å². The summed E-state index contributed by atoms with van der Waals surface area (Å²) < 4.78 is 5.46. The molecule has 0 radical (unpaired) electrons. The smallest absolute Gasteiger partial charge is 0.339 e. The van der Waals surface area contributed by atoms with Crippen LogP contribution in [0.5, 0.6) is 0 Å². The third-order valence-corrected chi connectivity index (χ3v) is 5.58. The minimum Gasteiger partial charge on any atom is -0.478 e. The molecule has 160 valence electrons. The lowest BCUT2D eigenvalue weighted by Gasteiger charge is -2.25. The van der Waals surface area contributed by atoms with Crippen LogP contribution in [-0.4, -0.2) is 46.7 Å². The van der Waals surface area contributed by atoms with Crippen LogP contribution in [0.1, 0.15) is 51.1 Å². The summed E-state index contributed by atoms with van der Waals surface area (Å²) in [6, 6.07) is 13.3. The Bertz CT molecular complexity index is 1160. The number of aromatic nitrogens is 1. The van der Waals surface area contributed by atoms with Crippen LogP contribution < -0.4 is 5.56 Å². The molecule has 3 aromatic rings. The molecule has 2 heterocycles. The molecule has 7 heteroatoms. The fourth-order valence-electron chi connectivity index (χ4n) is 3.82. The molecular formula is C24H24N2O5. The summed E-state index contributed by atoms with van der Waals surface area (Å²) in [6.45, 7) is 2.19. The van der Waals surface area contributed by atoms with Gasteiger partial charge in [0.25, 0.3) is 5.56 Å². The normalized spacial score (nSPS) is 14.5. The number of hydrogen-bond acceptors (Lipinski definition) is 5. The fourth-order valence-corrected chi connectivity index (χ4v) is 3.82. The molecule has 0 amide bonds. The minimum absolute atomic E-state index is 0.198. The van der Waals surface area contributed by atoms with Crippen LogP contribution >= 0.6 is 0 Å². The second-order valence-electron chi connectivity index (χ2n) is 7.84. The van der Waals surface area contributed by atoms with Gasteiger partial charge in [-0.15, -0.1) is 0 Å². The van der Waals surface area contributed by atoms with Crippen molar-refractivity contribution in [3.05, 3.63) is 81.1 Å². The number of likely N-dealkylation sites (tertiary alicyclic amines) is 1. The van der Waals surface area contributed by atoms with E-state index in [1.54, 1.807) is 36.4 Å². The first-order chi connectivity index (χ1) is 15.0. The predicted molar refractivity (Wildman–Crippen MR) is 116 cm³/mol. The van der Waals surface area contributed by atoms with Crippen molar-refractivity contribution in [1.29, 1.82) is 0 Å². The van der Waals surface area contributed by atoms with Gasteiger partial charge in [-0.25, -0.2) is 9.59 Å². The molecule has 0 bridgehead atoms. The average molecular weight is 420 g/mol. The molecular weight excluding hydrogens is 396 g/mol. The van der Waals surface area contributed by atoms with Gasteiger partial charge >= 0.3 is 11.9 Å². The summed E-state index contributed by atoms with van der Waals surface area (Å²) in [5.41, 5.74) is 2.43. The van der Waals surface area contributed by atoms with Gasteiger partial charge in [-0.05, 0) is 60.2 Å². The second kappa shape index (κ2) is 9.14. The Balaban J connectivity index is 1.51. The minimum atomic E-state index is -0.991. The van der Waals surface area contributed by atoms with Crippen molar-refractivity contribution in [1.82, 2.24) is 9.88 Å². The SMILES string of the molecule is O=C(O)c1ccc(Cc2cc3cc(C(=O)OCN4CCCCC4)ccc3[nH]c2=O)cc1. The first-order valence-corrected chi connectivity index (χ1v) is 10.4. The molecule has 0 spiro atoms. The lowest BCUT2D eigenvalue weighted by atomic mass is 10.0. The molecule has 1 aliphatic rings. The molecule has 1 saturated heterocycles. The zero-order valence-corrected chi connectivity index (χ0v) is 17.1. The molecule has 1 fully saturated rings. The number of carbonyl (C=O) groups excluding carboxylic acids is 1.